The van der Waals surface area contributed by atoms with Crippen molar-refractivity contribution in [1.82, 2.24) is 20.5 Å². The van der Waals surface area contributed by atoms with Gasteiger partial charge in [-0.3, -0.25) is 4.79 Å². The van der Waals surface area contributed by atoms with E-state index in [2.05, 4.69) is 20.5 Å². The quantitative estimate of drug-likeness (QED) is 0.654. The number of hydrogen-bond acceptors (Lipinski definition) is 6. The molecule has 1 aliphatic heterocycles. The summed E-state index contributed by atoms with van der Waals surface area (Å²) in [4.78, 5) is 12.8. The molecule has 0 radical (unpaired) electrons. The first kappa shape index (κ1) is 20.2. The van der Waals surface area contributed by atoms with Gasteiger partial charge in [-0.1, -0.05) is 18.0 Å². The maximum absolute atomic E-state index is 12.8. The van der Waals surface area contributed by atoms with Crippen LogP contribution >= 0.6 is 12.4 Å². The van der Waals surface area contributed by atoms with E-state index in [9.17, 15) is 13.2 Å². The van der Waals surface area contributed by atoms with E-state index in [0.717, 1.165) is 25.9 Å². The summed E-state index contributed by atoms with van der Waals surface area (Å²) >= 11 is 0. The van der Waals surface area contributed by atoms with Gasteiger partial charge in [-0.05, 0) is 26.7 Å². The van der Waals surface area contributed by atoms with E-state index >= 15 is 0 Å². The van der Waals surface area contributed by atoms with Crippen LogP contribution in [0.1, 0.15) is 37.1 Å². The fourth-order valence-electron chi connectivity index (χ4n) is 3.42. The van der Waals surface area contributed by atoms with Crippen LogP contribution in [0.4, 0.5) is 0 Å². The largest absolute Gasteiger partial charge is 0.360 e. The third-order valence-corrected chi connectivity index (χ3v) is 6.66. The van der Waals surface area contributed by atoms with Crippen molar-refractivity contribution in [3.05, 3.63) is 11.5 Å². The second kappa shape index (κ2) is 7.61. The fraction of sp³-hybridized carbons (Fsp3) is 0.733. The molecule has 1 aliphatic carbocycles. The molecule has 2 aliphatic rings. The monoisotopic (exact) mass is 392 g/mol. The number of nitrogens with one attached hydrogen (secondary N) is 3. The standard InChI is InChI=1S/C15H24N4O4S.ClH/c1-10-13(11(2)23-18-10)24(21,22)19-15(5-3-4-6-15)14(20)17-9-12-7-16-8-12;/h12,16,19H,3-9H2,1-2H3,(H,17,20);1H. The fourth-order valence-corrected chi connectivity index (χ4v) is 5.17. The van der Waals surface area contributed by atoms with Gasteiger partial charge in [0, 0.05) is 25.6 Å². The summed E-state index contributed by atoms with van der Waals surface area (Å²) in [5.74, 6) is 0.419. The lowest BCUT2D eigenvalue weighted by molar-refractivity contribution is -0.127. The lowest BCUT2D eigenvalue weighted by Crippen LogP contribution is -2.59. The van der Waals surface area contributed by atoms with Crippen LogP contribution in [0, 0.1) is 19.8 Å². The molecule has 0 unspecified atom stereocenters. The number of amides is 1. The predicted octanol–water partition coefficient (Wildman–Crippen LogP) is 0.640. The Morgan fingerprint density at radius 2 is 1.96 bits per heavy atom. The summed E-state index contributed by atoms with van der Waals surface area (Å²) in [6.45, 7) is 5.48. The van der Waals surface area contributed by atoms with Gasteiger partial charge < -0.3 is 15.2 Å². The molecule has 1 aromatic heterocycles. The summed E-state index contributed by atoms with van der Waals surface area (Å²) in [7, 11) is -3.87. The lowest BCUT2D eigenvalue weighted by atomic mass is 9.97. The molecule has 8 nitrogen and oxygen atoms in total. The van der Waals surface area contributed by atoms with Crippen LogP contribution < -0.4 is 15.4 Å². The van der Waals surface area contributed by atoms with Crippen LogP contribution in [0.5, 0.6) is 0 Å². The van der Waals surface area contributed by atoms with Crippen LogP contribution in [0.25, 0.3) is 0 Å². The first-order chi connectivity index (χ1) is 11.3. The molecule has 1 saturated heterocycles. The minimum Gasteiger partial charge on any atom is -0.360 e. The number of aryl methyl sites for hydroxylation is 2. The van der Waals surface area contributed by atoms with E-state index in [0.29, 0.717) is 31.0 Å². The maximum Gasteiger partial charge on any atom is 0.246 e. The molecule has 1 aromatic rings. The highest BCUT2D eigenvalue weighted by Crippen LogP contribution is 2.32. The molecular formula is C15H25ClN4O4S. The normalized spacial score (nSPS) is 19.9. The Bertz CT molecular complexity index is 704. The van der Waals surface area contributed by atoms with Gasteiger partial charge in [0.1, 0.15) is 16.1 Å². The van der Waals surface area contributed by atoms with Crippen LogP contribution in [-0.2, 0) is 14.8 Å². The Balaban J connectivity index is 0.00000225. The molecule has 0 aromatic carbocycles. The van der Waals surface area contributed by atoms with Crippen molar-refractivity contribution >= 4 is 28.3 Å². The van der Waals surface area contributed by atoms with Crippen LogP contribution in [0.3, 0.4) is 0 Å². The molecule has 25 heavy (non-hydrogen) atoms. The van der Waals surface area contributed by atoms with E-state index in [1.165, 1.54) is 0 Å². The zero-order valence-electron chi connectivity index (χ0n) is 14.4. The zero-order valence-corrected chi connectivity index (χ0v) is 16.1. The molecule has 142 valence electrons. The third kappa shape index (κ3) is 3.99. The number of nitrogens with zero attached hydrogens (tertiary/aromatic N) is 1. The zero-order chi connectivity index (χ0) is 17.4. The molecular weight excluding hydrogens is 368 g/mol. The van der Waals surface area contributed by atoms with Crippen LogP contribution in [0.15, 0.2) is 9.42 Å². The van der Waals surface area contributed by atoms with Gasteiger partial charge in [-0.25, -0.2) is 8.42 Å². The van der Waals surface area contributed by atoms with E-state index in [-0.39, 0.29) is 29.0 Å². The highest BCUT2D eigenvalue weighted by molar-refractivity contribution is 7.89. The average Bonchev–Trinajstić information content (AvgIpc) is 3.04. The Kier molecular flexibility index (Phi) is 6.13. The predicted molar refractivity (Wildman–Crippen MR) is 94.1 cm³/mol. The summed E-state index contributed by atoms with van der Waals surface area (Å²) < 4.78 is 33.2. The van der Waals surface area contributed by atoms with Crippen molar-refractivity contribution in [2.45, 2.75) is 50.0 Å². The summed E-state index contributed by atoms with van der Waals surface area (Å²) in [5.41, 5.74) is -0.777. The Morgan fingerprint density at radius 1 is 1.32 bits per heavy atom. The van der Waals surface area contributed by atoms with Gasteiger partial charge in [0.05, 0.1) is 0 Å². The molecule has 1 amide bonds. The number of halogens is 1. The minimum absolute atomic E-state index is 0. The molecule has 0 bridgehead atoms. The first-order valence-corrected chi connectivity index (χ1v) is 9.78. The van der Waals surface area contributed by atoms with E-state index in [4.69, 9.17) is 4.52 Å². The first-order valence-electron chi connectivity index (χ1n) is 8.30. The number of sulfonamides is 1. The van der Waals surface area contributed by atoms with E-state index in [1.54, 1.807) is 13.8 Å². The number of carbonyl (C=O) groups is 1. The molecule has 1 saturated carbocycles. The summed E-state index contributed by atoms with van der Waals surface area (Å²) in [5, 5.41) is 9.77. The van der Waals surface area contributed by atoms with Gasteiger partial charge >= 0.3 is 0 Å². The molecule has 0 spiro atoms. The highest BCUT2D eigenvalue weighted by atomic mass is 35.5. The third-order valence-electron chi connectivity index (χ3n) is 4.88. The van der Waals surface area contributed by atoms with Crippen molar-refractivity contribution in [1.29, 1.82) is 0 Å². The number of rotatable bonds is 6. The lowest BCUT2D eigenvalue weighted by Gasteiger charge is -2.32. The van der Waals surface area contributed by atoms with Gasteiger partial charge in [0.25, 0.3) is 0 Å². The van der Waals surface area contributed by atoms with E-state index < -0.39 is 15.6 Å². The molecule has 10 heteroatoms. The number of hydrogen-bond donors (Lipinski definition) is 3. The second-order valence-corrected chi connectivity index (χ2v) is 8.40. The Morgan fingerprint density at radius 3 is 2.44 bits per heavy atom. The van der Waals surface area contributed by atoms with Crippen molar-refractivity contribution in [2.75, 3.05) is 19.6 Å². The van der Waals surface area contributed by atoms with Crippen molar-refractivity contribution in [3.63, 3.8) is 0 Å². The minimum atomic E-state index is -3.87. The summed E-state index contributed by atoms with van der Waals surface area (Å²) in [6, 6.07) is 0. The Labute approximate surface area is 153 Å². The maximum atomic E-state index is 12.8. The van der Waals surface area contributed by atoms with Gasteiger partial charge in [-0.2, -0.15) is 4.72 Å². The molecule has 3 N–H and O–H groups in total. The average molecular weight is 393 g/mol. The molecule has 2 fully saturated rings. The summed E-state index contributed by atoms with van der Waals surface area (Å²) in [6.07, 6.45) is 2.65. The topological polar surface area (TPSA) is 113 Å². The second-order valence-electron chi connectivity index (χ2n) is 6.78. The van der Waals surface area contributed by atoms with Crippen molar-refractivity contribution < 1.29 is 17.7 Å². The van der Waals surface area contributed by atoms with Crippen molar-refractivity contribution in [2.24, 2.45) is 5.92 Å². The van der Waals surface area contributed by atoms with E-state index in [1.807, 2.05) is 0 Å². The Hall–Kier alpha value is -1.16. The number of aromatic nitrogens is 1. The van der Waals surface area contributed by atoms with Gasteiger partial charge in [0.15, 0.2) is 5.76 Å². The van der Waals surface area contributed by atoms with Gasteiger partial charge in [-0.15, -0.1) is 12.4 Å². The molecule has 2 heterocycles. The van der Waals surface area contributed by atoms with Crippen LogP contribution in [-0.4, -0.2) is 44.7 Å². The smallest absolute Gasteiger partial charge is 0.246 e. The van der Waals surface area contributed by atoms with Crippen molar-refractivity contribution in [3.8, 4) is 0 Å². The van der Waals surface area contributed by atoms with Gasteiger partial charge in [0.2, 0.25) is 15.9 Å². The highest BCUT2D eigenvalue weighted by Gasteiger charge is 2.45. The molecule has 0 atom stereocenters. The number of carbonyl (C=O) groups excluding carboxylic acids is 1. The SMILES string of the molecule is Cc1noc(C)c1S(=O)(=O)NC1(C(=O)NCC2CNC2)CCCC1.Cl. The van der Waals surface area contributed by atoms with Crippen LogP contribution in [0.2, 0.25) is 0 Å². The molecule has 3 rings (SSSR count).